The number of benzene rings is 1. The minimum Gasteiger partial charge on any atom is -0.309 e. The van der Waals surface area contributed by atoms with Crippen molar-refractivity contribution in [3.8, 4) is 11.3 Å². The Labute approximate surface area is 181 Å². The highest BCUT2D eigenvalue weighted by atomic mass is 35.5. The molecule has 0 atom stereocenters. The van der Waals surface area contributed by atoms with E-state index in [1.165, 1.54) is 6.07 Å². The molecule has 8 nitrogen and oxygen atoms in total. The molecule has 0 bridgehead atoms. The highest BCUT2D eigenvalue weighted by Gasteiger charge is 2.14. The lowest BCUT2D eigenvalue weighted by Crippen LogP contribution is -2.03. The van der Waals surface area contributed by atoms with Crippen LogP contribution in [0.2, 0.25) is 5.02 Å². The van der Waals surface area contributed by atoms with Gasteiger partial charge in [0.1, 0.15) is 17.5 Å². The molecule has 1 aromatic carbocycles. The Morgan fingerprint density at radius 2 is 2.00 bits per heavy atom. The molecule has 0 aliphatic rings. The zero-order chi connectivity index (χ0) is 21.4. The first-order valence-corrected chi connectivity index (χ1v) is 9.81. The van der Waals surface area contributed by atoms with Crippen molar-refractivity contribution >= 4 is 29.0 Å². The second-order valence-corrected chi connectivity index (χ2v) is 7.27. The van der Waals surface area contributed by atoms with E-state index in [1.54, 1.807) is 29.2 Å². The third kappa shape index (κ3) is 3.71. The van der Waals surface area contributed by atoms with Crippen LogP contribution in [0, 0.1) is 5.82 Å². The van der Waals surface area contributed by atoms with E-state index in [4.69, 9.17) is 11.6 Å². The van der Waals surface area contributed by atoms with E-state index in [0.29, 0.717) is 28.0 Å². The minimum atomic E-state index is -0.365. The fourth-order valence-electron chi connectivity index (χ4n) is 3.27. The molecule has 31 heavy (non-hydrogen) atoms. The minimum absolute atomic E-state index is 0.234. The number of aryl methyl sites for hydroxylation is 1. The highest BCUT2D eigenvalue weighted by Crippen LogP contribution is 2.24. The molecule has 0 spiro atoms. The second-order valence-electron chi connectivity index (χ2n) is 6.87. The molecule has 0 unspecified atom stereocenters. The summed E-state index contributed by atoms with van der Waals surface area (Å²) in [6.45, 7) is 0. The van der Waals surface area contributed by atoms with E-state index >= 15 is 0 Å². The first-order chi connectivity index (χ1) is 15.1. The molecule has 0 aliphatic carbocycles. The number of hydrogen-bond donors (Lipinski definition) is 1. The van der Waals surface area contributed by atoms with E-state index in [-0.39, 0.29) is 12.2 Å². The number of rotatable bonds is 5. The van der Waals surface area contributed by atoms with E-state index in [1.807, 2.05) is 41.9 Å². The molecule has 154 valence electrons. The predicted molar refractivity (Wildman–Crippen MR) is 115 cm³/mol. The maximum absolute atomic E-state index is 14.2. The smallest absolute Gasteiger partial charge is 0.228 e. The SMILES string of the molecule is Cn1nccc1Nc1nccc(-c2ccn3c(Cc4c(F)cccc4Cl)nnc3c2)n1. The zero-order valence-corrected chi connectivity index (χ0v) is 17.1. The van der Waals surface area contributed by atoms with Crippen molar-refractivity contribution in [3.05, 3.63) is 83.3 Å². The van der Waals surface area contributed by atoms with Crippen LogP contribution in [0.1, 0.15) is 11.4 Å². The average Bonchev–Trinajstić information content (AvgIpc) is 3.36. The molecular weight excluding hydrogens is 419 g/mol. The number of aromatic nitrogens is 7. The maximum Gasteiger partial charge on any atom is 0.228 e. The van der Waals surface area contributed by atoms with Gasteiger partial charge in [-0.1, -0.05) is 17.7 Å². The van der Waals surface area contributed by atoms with Gasteiger partial charge in [-0.3, -0.25) is 9.08 Å². The summed E-state index contributed by atoms with van der Waals surface area (Å²) in [4.78, 5) is 8.84. The number of halogens is 2. The van der Waals surface area contributed by atoms with Crippen LogP contribution in [0.25, 0.3) is 16.9 Å². The number of fused-ring (bicyclic) bond motifs is 1. The van der Waals surface area contributed by atoms with E-state index < -0.39 is 0 Å². The maximum atomic E-state index is 14.2. The summed E-state index contributed by atoms with van der Waals surface area (Å²) in [6, 6.07) is 12.0. The van der Waals surface area contributed by atoms with Crippen LogP contribution < -0.4 is 5.32 Å². The van der Waals surface area contributed by atoms with Crippen molar-refractivity contribution in [2.75, 3.05) is 5.32 Å². The fraction of sp³-hybridized carbons (Fsp3) is 0.0952. The Kier molecular flexibility index (Phi) is 4.79. The number of nitrogens with zero attached hydrogens (tertiary/aromatic N) is 7. The summed E-state index contributed by atoms with van der Waals surface area (Å²) in [6.07, 6.45) is 5.45. The van der Waals surface area contributed by atoms with Crippen molar-refractivity contribution in [1.29, 1.82) is 0 Å². The van der Waals surface area contributed by atoms with Crippen molar-refractivity contribution in [3.63, 3.8) is 0 Å². The van der Waals surface area contributed by atoms with Crippen LogP contribution in [0.3, 0.4) is 0 Å². The number of hydrogen-bond acceptors (Lipinski definition) is 6. The van der Waals surface area contributed by atoms with Crippen LogP contribution in [0.4, 0.5) is 16.2 Å². The zero-order valence-electron chi connectivity index (χ0n) is 16.4. The van der Waals surface area contributed by atoms with Gasteiger partial charge < -0.3 is 5.32 Å². The topological polar surface area (TPSA) is 85.8 Å². The van der Waals surface area contributed by atoms with Crippen molar-refractivity contribution in [2.24, 2.45) is 7.05 Å². The summed E-state index contributed by atoms with van der Waals surface area (Å²) >= 11 is 6.16. The van der Waals surface area contributed by atoms with Gasteiger partial charge in [-0.05, 0) is 30.3 Å². The first kappa shape index (κ1) is 19.1. The third-order valence-electron chi connectivity index (χ3n) is 4.89. The lowest BCUT2D eigenvalue weighted by atomic mass is 10.1. The molecule has 0 saturated carbocycles. The molecule has 0 amide bonds. The summed E-state index contributed by atoms with van der Waals surface area (Å²) in [5.74, 6) is 1.46. The van der Waals surface area contributed by atoms with E-state index in [0.717, 1.165) is 17.1 Å². The number of pyridine rings is 1. The van der Waals surface area contributed by atoms with Gasteiger partial charge in [0.2, 0.25) is 5.95 Å². The summed E-state index contributed by atoms with van der Waals surface area (Å²) in [5.41, 5.74) is 2.60. The Morgan fingerprint density at radius 1 is 1.10 bits per heavy atom. The Morgan fingerprint density at radius 3 is 2.81 bits per heavy atom. The lowest BCUT2D eigenvalue weighted by Gasteiger charge is -2.07. The summed E-state index contributed by atoms with van der Waals surface area (Å²) in [7, 11) is 1.83. The fourth-order valence-corrected chi connectivity index (χ4v) is 3.50. The Bertz CT molecular complexity index is 1370. The Hall–Kier alpha value is -3.85. The van der Waals surface area contributed by atoms with Crippen molar-refractivity contribution < 1.29 is 4.39 Å². The second kappa shape index (κ2) is 7.77. The standard InChI is InChI=1S/C21H16ClFN8/c1-30-18(6-9-25-30)27-21-24-8-5-17(26-21)13-7-10-31-19(11-13)28-29-20(31)12-14-15(22)3-2-4-16(14)23/h2-11H,12H2,1H3,(H,24,26,27). The molecule has 1 N–H and O–H groups in total. The Balaban J connectivity index is 1.45. The van der Waals surface area contributed by atoms with E-state index in [2.05, 4.69) is 30.6 Å². The highest BCUT2D eigenvalue weighted by molar-refractivity contribution is 6.31. The molecule has 0 fully saturated rings. The van der Waals surface area contributed by atoms with Crippen LogP contribution in [-0.2, 0) is 13.5 Å². The quantitative estimate of drug-likeness (QED) is 0.449. The molecular formula is C21H16ClFN8. The summed E-state index contributed by atoms with van der Waals surface area (Å²) < 4.78 is 17.7. The van der Waals surface area contributed by atoms with Gasteiger partial charge in [0.05, 0.1) is 11.9 Å². The predicted octanol–water partition coefficient (Wildman–Crippen LogP) is 4.05. The number of nitrogens with one attached hydrogen (secondary N) is 1. The molecule has 10 heteroatoms. The summed E-state index contributed by atoms with van der Waals surface area (Å²) in [5, 5.41) is 16.1. The monoisotopic (exact) mass is 434 g/mol. The molecule has 0 aliphatic heterocycles. The average molecular weight is 435 g/mol. The van der Waals surface area contributed by atoms with Crippen LogP contribution in [-0.4, -0.2) is 34.3 Å². The molecule has 5 rings (SSSR count). The lowest BCUT2D eigenvalue weighted by molar-refractivity contribution is 0.612. The first-order valence-electron chi connectivity index (χ1n) is 9.43. The van der Waals surface area contributed by atoms with Gasteiger partial charge in [0.25, 0.3) is 0 Å². The van der Waals surface area contributed by atoms with Crippen LogP contribution >= 0.6 is 11.6 Å². The molecule has 4 aromatic heterocycles. The van der Waals surface area contributed by atoms with Crippen LogP contribution in [0.5, 0.6) is 0 Å². The van der Waals surface area contributed by atoms with E-state index in [9.17, 15) is 4.39 Å². The third-order valence-corrected chi connectivity index (χ3v) is 5.24. The van der Waals surface area contributed by atoms with Gasteiger partial charge in [-0.2, -0.15) is 5.10 Å². The molecule has 0 radical (unpaired) electrons. The van der Waals surface area contributed by atoms with Gasteiger partial charge in [0, 0.05) is 48.1 Å². The largest absolute Gasteiger partial charge is 0.309 e. The molecule has 4 heterocycles. The number of anilines is 2. The van der Waals surface area contributed by atoms with Crippen LogP contribution in [0.15, 0.2) is 61.1 Å². The van der Waals surface area contributed by atoms with Gasteiger partial charge >= 0.3 is 0 Å². The normalized spacial score (nSPS) is 11.2. The van der Waals surface area contributed by atoms with Crippen molar-refractivity contribution in [1.82, 2.24) is 34.3 Å². The van der Waals surface area contributed by atoms with Gasteiger partial charge in [-0.25, -0.2) is 14.4 Å². The molecule has 0 saturated heterocycles. The molecule has 5 aromatic rings. The van der Waals surface area contributed by atoms with Gasteiger partial charge in [-0.15, -0.1) is 10.2 Å². The van der Waals surface area contributed by atoms with Gasteiger partial charge in [0.15, 0.2) is 5.65 Å². The van der Waals surface area contributed by atoms with Crippen molar-refractivity contribution in [2.45, 2.75) is 6.42 Å².